The molecule has 3 aromatic rings. The second kappa shape index (κ2) is 12.5. The van der Waals surface area contributed by atoms with Gasteiger partial charge in [-0.15, -0.1) is 0 Å². The van der Waals surface area contributed by atoms with Gasteiger partial charge in [0.05, 0.1) is 11.3 Å². The first-order valence-electron chi connectivity index (χ1n) is 11.9. The molecular formula is C27H27F5N4O3. The van der Waals surface area contributed by atoms with Gasteiger partial charge in [0.25, 0.3) is 5.56 Å². The smallest absolute Gasteiger partial charge is 0.405 e. The first kappa shape index (κ1) is 29.3. The predicted octanol–water partition coefficient (Wildman–Crippen LogP) is 5.33. The summed E-state index contributed by atoms with van der Waals surface area (Å²) in [7, 11) is 1.52. The maximum Gasteiger partial charge on any atom is 0.405 e. The van der Waals surface area contributed by atoms with Crippen LogP contribution in [-0.2, 0) is 7.05 Å². The highest BCUT2D eigenvalue weighted by molar-refractivity contribution is 5.86. The Labute approximate surface area is 220 Å². The van der Waals surface area contributed by atoms with E-state index in [2.05, 4.69) is 15.0 Å². The predicted molar refractivity (Wildman–Crippen MR) is 139 cm³/mol. The molecule has 0 unspecified atom stereocenters. The number of nitrogens with zero attached hydrogens (tertiary/aromatic N) is 3. The van der Waals surface area contributed by atoms with Crippen molar-refractivity contribution in [2.24, 2.45) is 12.0 Å². The van der Waals surface area contributed by atoms with E-state index in [1.54, 1.807) is 13.0 Å². The number of halogens is 5. The van der Waals surface area contributed by atoms with Crippen LogP contribution in [0.15, 0.2) is 75.3 Å². The first-order chi connectivity index (χ1) is 18.4. The van der Waals surface area contributed by atoms with Crippen LogP contribution in [0, 0.1) is 6.92 Å². The van der Waals surface area contributed by atoms with Crippen molar-refractivity contribution >= 4 is 6.21 Å². The van der Waals surface area contributed by atoms with E-state index < -0.39 is 24.9 Å². The molecule has 1 N–H and O–H groups in total. The number of hydrogen-bond donors (Lipinski definition) is 1. The van der Waals surface area contributed by atoms with Crippen LogP contribution >= 0.6 is 0 Å². The minimum absolute atomic E-state index is 0.0171. The molecule has 0 saturated carbocycles. The summed E-state index contributed by atoms with van der Waals surface area (Å²) in [4.78, 5) is 29.7. The maximum atomic E-state index is 13.6. The van der Waals surface area contributed by atoms with Crippen LogP contribution in [0.1, 0.15) is 30.9 Å². The molecule has 1 aromatic carbocycles. The quantitative estimate of drug-likeness (QED) is 0.274. The standard InChI is InChI=1S/C27H27F5N4O3/c1-4-5-6-22(34-16-27(30,31)32)33-13-19-14-36(20-9-12-23(37)35(3)15-20)25(38)24(17(19)2)18-7-10-21(11-8-18)39-26(28)29/h6-15,26,34H,4-5,16H2,1-3H3/b22-6-,33-13?. The van der Waals surface area contributed by atoms with E-state index >= 15 is 0 Å². The van der Waals surface area contributed by atoms with Crippen LogP contribution in [-0.4, -0.2) is 34.7 Å². The van der Waals surface area contributed by atoms with Gasteiger partial charge in [0, 0.05) is 37.3 Å². The molecule has 0 atom stereocenters. The number of ether oxygens (including phenoxy) is 1. The summed E-state index contributed by atoms with van der Waals surface area (Å²) in [6.45, 7) is -0.765. The number of nitrogens with one attached hydrogen (secondary N) is 1. The van der Waals surface area contributed by atoms with E-state index in [9.17, 15) is 31.5 Å². The molecule has 0 aliphatic rings. The van der Waals surface area contributed by atoms with E-state index in [0.717, 1.165) is 0 Å². The van der Waals surface area contributed by atoms with Gasteiger partial charge in [-0.1, -0.05) is 25.5 Å². The summed E-state index contributed by atoms with van der Waals surface area (Å²) < 4.78 is 70.5. The van der Waals surface area contributed by atoms with Crippen molar-refractivity contribution in [3.63, 3.8) is 0 Å². The third kappa shape index (κ3) is 7.88. The molecular weight excluding hydrogens is 523 g/mol. The van der Waals surface area contributed by atoms with Gasteiger partial charge in [0.1, 0.15) is 18.1 Å². The van der Waals surface area contributed by atoms with Gasteiger partial charge in [-0.2, -0.15) is 22.0 Å². The van der Waals surface area contributed by atoms with Crippen LogP contribution < -0.4 is 21.2 Å². The van der Waals surface area contributed by atoms with Crippen molar-refractivity contribution in [2.75, 3.05) is 6.54 Å². The van der Waals surface area contributed by atoms with Gasteiger partial charge in [-0.3, -0.25) is 14.2 Å². The molecule has 2 aromatic heterocycles. The lowest BCUT2D eigenvalue weighted by atomic mass is 9.98. The second-order valence-electron chi connectivity index (χ2n) is 8.60. The third-order valence-corrected chi connectivity index (χ3v) is 5.66. The highest BCUT2D eigenvalue weighted by atomic mass is 19.4. The number of aromatic nitrogens is 2. The van der Waals surface area contributed by atoms with Gasteiger partial charge in [-0.05, 0) is 48.7 Å². The van der Waals surface area contributed by atoms with Crippen molar-refractivity contribution < 1.29 is 26.7 Å². The molecule has 2 heterocycles. The number of pyridine rings is 2. The molecule has 208 valence electrons. The molecule has 7 nitrogen and oxygen atoms in total. The molecule has 3 rings (SSSR count). The Hall–Kier alpha value is -4.22. The topological polar surface area (TPSA) is 77.6 Å². The summed E-state index contributed by atoms with van der Waals surface area (Å²) in [6.07, 6.45) is 2.56. The first-order valence-corrected chi connectivity index (χ1v) is 11.9. The van der Waals surface area contributed by atoms with Crippen molar-refractivity contribution in [1.82, 2.24) is 14.5 Å². The number of rotatable bonds is 10. The Morgan fingerprint density at radius 2 is 1.79 bits per heavy atom. The van der Waals surface area contributed by atoms with E-state index in [-0.39, 0.29) is 22.7 Å². The zero-order valence-corrected chi connectivity index (χ0v) is 21.4. The second-order valence-corrected chi connectivity index (χ2v) is 8.60. The van der Waals surface area contributed by atoms with Crippen LogP contribution in [0.4, 0.5) is 22.0 Å². The maximum absolute atomic E-state index is 13.6. The Kier molecular flexibility index (Phi) is 9.44. The lowest BCUT2D eigenvalue weighted by Crippen LogP contribution is -2.28. The van der Waals surface area contributed by atoms with Crippen molar-refractivity contribution in [2.45, 2.75) is 39.5 Å². The number of benzene rings is 1. The van der Waals surface area contributed by atoms with Gasteiger partial charge < -0.3 is 14.6 Å². The summed E-state index contributed by atoms with van der Waals surface area (Å²) >= 11 is 0. The number of aliphatic imine (C=N–C) groups is 1. The largest absolute Gasteiger partial charge is 0.435 e. The van der Waals surface area contributed by atoms with Crippen LogP contribution in [0.2, 0.25) is 0 Å². The SMILES string of the molecule is CCC/C=C(/N=Cc1cn(-c2ccc(=O)n(C)c2)c(=O)c(-c2ccc(OC(F)F)cc2)c1C)NCC(F)(F)F. The normalized spacial score (nSPS) is 12.4. The highest BCUT2D eigenvalue weighted by Gasteiger charge is 2.27. The lowest BCUT2D eigenvalue weighted by molar-refractivity contribution is -0.123. The fourth-order valence-corrected chi connectivity index (χ4v) is 3.69. The molecule has 0 bridgehead atoms. The number of hydrogen-bond acceptors (Lipinski definition) is 5. The Balaban J connectivity index is 2.17. The zero-order valence-electron chi connectivity index (χ0n) is 21.4. The van der Waals surface area contributed by atoms with Crippen molar-refractivity contribution in [3.8, 4) is 22.6 Å². The zero-order chi connectivity index (χ0) is 28.7. The van der Waals surface area contributed by atoms with E-state index in [1.807, 2.05) is 6.92 Å². The van der Waals surface area contributed by atoms with E-state index in [0.29, 0.717) is 35.2 Å². The lowest BCUT2D eigenvalue weighted by Gasteiger charge is -2.15. The molecule has 0 fully saturated rings. The molecule has 0 spiro atoms. The van der Waals surface area contributed by atoms with Gasteiger partial charge >= 0.3 is 12.8 Å². The Morgan fingerprint density at radius 3 is 2.38 bits per heavy atom. The third-order valence-electron chi connectivity index (χ3n) is 5.66. The van der Waals surface area contributed by atoms with Crippen molar-refractivity contribution in [3.05, 3.63) is 92.5 Å². The molecule has 39 heavy (non-hydrogen) atoms. The molecule has 0 aliphatic carbocycles. The minimum Gasteiger partial charge on any atom is -0.435 e. The highest BCUT2D eigenvalue weighted by Crippen LogP contribution is 2.26. The van der Waals surface area contributed by atoms with Crippen molar-refractivity contribution in [1.29, 1.82) is 0 Å². The van der Waals surface area contributed by atoms with Crippen LogP contribution in [0.3, 0.4) is 0 Å². The Bertz CT molecular complexity index is 1470. The average Bonchev–Trinajstić information content (AvgIpc) is 2.86. The fourth-order valence-electron chi connectivity index (χ4n) is 3.69. The summed E-state index contributed by atoms with van der Waals surface area (Å²) in [5.41, 5.74) is 1.05. The van der Waals surface area contributed by atoms with E-state index in [1.165, 1.54) is 71.2 Å². The molecule has 0 radical (unpaired) electrons. The molecule has 0 saturated heterocycles. The fraction of sp³-hybridized carbons (Fsp3) is 0.296. The van der Waals surface area contributed by atoms with Gasteiger partial charge in [0.2, 0.25) is 5.56 Å². The number of allylic oxidation sites excluding steroid dienone is 1. The minimum atomic E-state index is -4.44. The number of aryl methyl sites for hydroxylation is 1. The Morgan fingerprint density at radius 1 is 1.10 bits per heavy atom. The number of unbranched alkanes of at least 4 members (excludes halogenated alkanes) is 1. The average molecular weight is 551 g/mol. The monoisotopic (exact) mass is 550 g/mol. The number of alkyl halides is 5. The summed E-state index contributed by atoms with van der Waals surface area (Å²) in [6, 6.07) is 8.24. The van der Waals surface area contributed by atoms with Gasteiger partial charge in [0.15, 0.2) is 0 Å². The van der Waals surface area contributed by atoms with Crippen LogP contribution in [0.25, 0.3) is 16.8 Å². The van der Waals surface area contributed by atoms with Crippen LogP contribution in [0.5, 0.6) is 5.75 Å². The summed E-state index contributed by atoms with van der Waals surface area (Å²) in [5, 5.41) is 2.28. The molecule has 0 aliphatic heterocycles. The summed E-state index contributed by atoms with van der Waals surface area (Å²) in [5.74, 6) is -0.0765. The van der Waals surface area contributed by atoms with Gasteiger partial charge in [-0.25, -0.2) is 4.99 Å². The molecule has 0 amide bonds. The molecule has 12 heteroatoms. The van der Waals surface area contributed by atoms with E-state index in [4.69, 9.17) is 0 Å².